The Bertz CT molecular complexity index is 509. The summed E-state index contributed by atoms with van der Waals surface area (Å²) in [5.41, 5.74) is 7.03. The third-order valence-electron chi connectivity index (χ3n) is 2.21. The van der Waals surface area contributed by atoms with E-state index in [0.29, 0.717) is 27.4 Å². The number of nitrogen functional groups attached to an aromatic ring is 1. The largest absolute Gasteiger partial charge is 0.439 e. The molecule has 0 fully saturated rings. The Hall–Kier alpha value is -1.45. The number of halogens is 2. The number of benzene rings is 1. The molecule has 1 heterocycles. The highest BCUT2D eigenvalue weighted by atomic mass is 35.5. The monoisotopic (exact) mass is 268 g/mol. The van der Waals surface area contributed by atoms with Crippen LogP contribution in [-0.4, -0.2) is 4.98 Å². The van der Waals surface area contributed by atoms with Crippen molar-refractivity contribution in [2.24, 2.45) is 0 Å². The van der Waals surface area contributed by atoms with Crippen molar-refractivity contribution in [3.8, 4) is 11.6 Å². The van der Waals surface area contributed by atoms with E-state index in [1.807, 2.05) is 6.92 Å². The lowest BCUT2D eigenvalue weighted by molar-refractivity contribution is 0.462. The number of hydrogen-bond acceptors (Lipinski definition) is 3. The summed E-state index contributed by atoms with van der Waals surface area (Å²) in [5, 5.41) is 0.928. The summed E-state index contributed by atoms with van der Waals surface area (Å²) < 4.78 is 5.54. The van der Waals surface area contributed by atoms with Crippen molar-refractivity contribution in [3.63, 3.8) is 0 Å². The number of ether oxygens (including phenoxy) is 1. The Labute approximate surface area is 109 Å². The van der Waals surface area contributed by atoms with E-state index in [1.165, 1.54) is 0 Å². The summed E-state index contributed by atoms with van der Waals surface area (Å²) in [6.07, 6.45) is 0. The fraction of sp³-hybridized carbons (Fsp3) is 0.0833. The van der Waals surface area contributed by atoms with Gasteiger partial charge in [-0.15, -0.1) is 0 Å². The van der Waals surface area contributed by atoms with Gasteiger partial charge in [-0.05, 0) is 25.1 Å². The van der Waals surface area contributed by atoms with Crippen molar-refractivity contribution in [3.05, 3.63) is 46.1 Å². The van der Waals surface area contributed by atoms with Gasteiger partial charge >= 0.3 is 0 Å². The minimum Gasteiger partial charge on any atom is -0.439 e. The van der Waals surface area contributed by atoms with Gasteiger partial charge in [0.05, 0.1) is 21.4 Å². The first-order chi connectivity index (χ1) is 8.06. The molecule has 0 radical (unpaired) electrons. The molecule has 2 N–H and O–H groups in total. The van der Waals surface area contributed by atoms with Gasteiger partial charge in [0.15, 0.2) is 0 Å². The molecule has 0 bridgehead atoms. The van der Waals surface area contributed by atoms with Gasteiger partial charge in [0.1, 0.15) is 5.75 Å². The third-order valence-corrected chi connectivity index (χ3v) is 2.95. The van der Waals surface area contributed by atoms with Gasteiger partial charge in [0.2, 0.25) is 5.88 Å². The summed E-state index contributed by atoms with van der Waals surface area (Å²) in [6, 6.07) is 8.47. The van der Waals surface area contributed by atoms with Crippen molar-refractivity contribution in [1.29, 1.82) is 0 Å². The van der Waals surface area contributed by atoms with Gasteiger partial charge in [-0.3, -0.25) is 0 Å². The van der Waals surface area contributed by atoms with Gasteiger partial charge in [0, 0.05) is 12.1 Å². The second-order valence-corrected chi connectivity index (χ2v) is 4.32. The molecule has 5 heteroatoms. The number of aryl methyl sites for hydroxylation is 1. The van der Waals surface area contributed by atoms with Crippen LogP contribution in [0.1, 0.15) is 5.69 Å². The fourth-order valence-electron chi connectivity index (χ4n) is 1.27. The maximum atomic E-state index is 5.88. The Morgan fingerprint density at radius 1 is 1.12 bits per heavy atom. The van der Waals surface area contributed by atoms with Crippen LogP contribution in [0.5, 0.6) is 11.6 Å². The van der Waals surface area contributed by atoms with E-state index in [0.717, 1.165) is 5.69 Å². The van der Waals surface area contributed by atoms with Crippen LogP contribution in [-0.2, 0) is 0 Å². The zero-order chi connectivity index (χ0) is 12.4. The van der Waals surface area contributed by atoms with Gasteiger partial charge in [0.25, 0.3) is 0 Å². The van der Waals surface area contributed by atoms with E-state index in [-0.39, 0.29) is 0 Å². The molecule has 2 aromatic rings. The molecule has 17 heavy (non-hydrogen) atoms. The predicted molar refractivity (Wildman–Crippen MR) is 69.9 cm³/mol. The van der Waals surface area contributed by atoms with Gasteiger partial charge in [-0.1, -0.05) is 23.2 Å². The molecule has 0 aliphatic carbocycles. The molecular weight excluding hydrogens is 259 g/mol. The summed E-state index contributed by atoms with van der Waals surface area (Å²) in [5.74, 6) is 1.05. The van der Waals surface area contributed by atoms with Crippen molar-refractivity contribution in [1.82, 2.24) is 4.98 Å². The van der Waals surface area contributed by atoms with E-state index in [4.69, 9.17) is 33.7 Å². The van der Waals surface area contributed by atoms with Crippen LogP contribution in [0.15, 0.2) is 30.3 Å². The predicted octanol–water partition coefficient (Wildman–Crippen LogP) is 4.07. The Morgan fingerprint density at radius 2 is 1.88 bits per heavy atom. The van der Waals surface area contributed by atoms with Crippen molar-refractivity contribution in [2.75, 3.05) is 5.73 Å². The average Bonchev–Trinajstić information content (AvgIpc) is 2.29. The average molecular weight is 269 g/mol. The first-order valence-electron chi connectivity index (χ1n) is 4.92. The van der Waals surface area contributed by atoms with Crippen LogP contribution < -0.4 is 10.5 Å². The third kappa shape index (κ3) is 2.81. The number of nitrogens with zero attached hydrogens (tertiary/aromatic N) is 1. The van der Waals surface area contributed by atoms with E-state index < -0.39 is 0 Å². The molecule has 0 atom stereocenters. The molecule has 0 unspecified atom stereocenters. The highest BCUT2D eigenvalue weighted by molar-refractivity contribution is 6.42. The molecule has 0 amide bonds. The lowest BCUT2D eigenvalue weighted by Crippen LogP contribution is -1.95. The van der Waals surface area contributed by atoms with E-state index in [2.05, 4.69) is 4.98 Å². The summed E-state index contributed by atoms with van der Waals surface area (Å²) in [7, 11) is 0. The van der Waals surface area contributed by atoms with Gasteiger partial charge in [-0.2, -0.15) is 0 Å². The number of aromatic nitrogens is 1. The van der Waals surface area contributed by atoms with Crippen LogP contribution in [0.3, 0.4) is 0 Å². The number of nitrogens with two attached hydrogens (primary N) is 1. The molecule has 3 nitrogen and oxygen atoms in total. The zero-order valence-corrected chi connectivity index (χ0v) is 10.6. The van der Waals surface area contributed by atoms with Crippen LogP contribution in [0.25, 0.3) is 0 Å². The maximum Gasteiger partial charge on any atom is 0.219 e. The minimum absolute atomic E-state index is 0.441. The van der Waals surface area contributed by atoms with E-state index in [9.17, 15) is 0 Å². The normalized spacial score (nSPS) is 10.3. The van der Waals surface area contributed by atoms with Crippen LogP contribution in [0, 0.1) is 6.92 Å². The van der Waals surface area contributed by atoms with Gasteiger partial charge < -0.3 is 10.5 Å². The van der Waals surface area contributed by atoms with Crippen molar-refractivity contribution in [2.45, 2.75) is 6.92 Å². The lowest BCUT2D eigenvalue weighted by atomic mass is 10.3. The van der Waals surface area contributed by atoms with E-state index in [1.54, 1.807) is 30.3 Å². The number of hydrogen-bond donors (Lipinski definition) is 1. The molecule has 1 aromatic carbocycles. The highest BCUT2D eigenvalue weighted by Crippen LogP contribution is 2.29. The van der Waals surface area contributed by atoms with Crippen LogP contribution in [0.4, 0.5) is 5.69 Å². The number of rotatable bonds is 2. The van der Waals surface area contributed by atoms with E-state index >= 15 is 0 Å². The molecule has 0 aliphatic heterocycles. The Balaban J connectivity index is 2.25. The molecule has 0 aliphatic rings. The first-order valence-corrected chi connectivity index (χ1v) is 5.68. The molecular formula is C12H10Cl2N2O. The Kier molecular flexibility index (Phi) is 3.41. The standard InChI is InChI=1S/C12H10Cl2N2O/c1-7-11(15)4-5-12(16-7)17-8-2-3-9(13)10(14)6-8/h2-6H,15H2,1H3. The second kappa shape index (κ2) is 4.82. The van der Waals surface area contributed by atoms with Crippen LogP contribution >= 0.6 is 23.2 Å². The van der Waals surface area contributed by atoms with Crippen molar-refractivity contribution < 1.29 is 4.74 Å². The second-order valence-electron chi connectivity index (χ2n) is 3.50. The molecule has 0 saturated heterocycles. The van der Waals surface area contributed by atoms with Gasteiger partial charge in [-0.25, -0.2) is 4.98 Å². The smallest absolute Gasteiger partial charge is 0.219 e. The quantitative estimate of drug-likeness (QED) is 0.893. The number of pyridine rings is 1. The number of anilines is 1. The fourth-order valence-corrected chi connectivity index (χ4v) is 1.55. The van der Waals surface area contributed by atoms with Crippen molar-refractivity contribution >= 4 is 28.9 Å². The van der Waals surface area contributed by atoms with Crippen LogP contribution in [0.2, 0.25) is 10.0 Å². The molecule has 0 saturated carbocycles. The molecule has 1 aromatic heterocycles. The molecule has 2 rings (SSSR count). The maximum absolute atomic E-state index is 5.88. The summed E-state index contributed by atoms with van der Waals surface area (Å²) >= 11 is 11.7. The molecule has 88 valence electrons. The minimum atomic E-state index is 0.441. The zero-order valence-electron chi connectivity index (χ0n) is 9.08. The SMILES string of the molecule is Cc1nc(Oc2ccc(Cl)c(Cl)c2)ccc1N. The highest BCUT2D eigenvalue weighted by Gasteiger charge is 2.04. The molecule has 0 spiro atoms. The Morgan fingerprint density at radius 3 is 2.53 bits per heavy atom. The topological polar surface area (TPSA) is 48.1 Å². The lowest BCUT2D eigenvalue weighted by Gasteiger charge is -2.07. The summed E-state index contributed by atoms with van der Waals surface area (Å²) in [4.78, 5) is 4.20. The first kappa shape index (κ1) is 12.0. The summed E-state index contributed by atoms with van der Waals surface area (Å²) in [6.45, 7) is 1.82.